The van der Waals surface area contributed by atoms with Crippen LogP contribution >= 0.6 is 0 Å². The molecule has 0 fully saturated rings. The second kappa shape index (κ2) is 5.73. The second-order valence-corrected chi connectivity index (χ2v) is 3.65. The van der Waals surface area contributed by atoms with Crippen LogP contribution in [0.1, 0.15) is 31.4 Å². The van der Waals surface area contributed by atoms with E-state index in [1.54, 1.807) is 7.11 Å². The predicted molar refractivity (Wildman–Crippen MR) is 60.8 cm³/mol. The number of nitrogens with two attached hydrogens (primary N) is 1. The van der Waals surface area contributed by atoms with Gasteiger partial charge in [0.2, 0.25) is 0 Å². The van der Waals surface area contributed by atoms with Gasteiger partial charge >= 0.3 is 0 Å². The Kier molecular flexibility index (Phi) is 4.59. The molecule has 0 heterocycles. The minimum Gasteiger partial charge on any atom is -0.497 e. The number of hydrogen-bond acceptors (Lipinski definition) is 3. The molecule has 0 aliphatic rings. The van der Waals surface area contributed by atoms with Crippen LogP contribution in [0, 0.1) is 0 Å². The number of aliphatic hydroxyl groups is 1. The molecule has 3 heteroatoms. The molecule has 1 rings (SSSR count). The monoisotopic (exact) mass is 209 g/mol. The second-order valence-electron chi connectivity index (χ2n) is 3.65. The molecule has 1 aromatic carbocycles. The van der Waals surface area contributed by atoms with Gasteiger partial charge in [-0.2, -0.15) is 0 Å². The molecule has 0 unspecified atom stereocenters. The minimum atomic E-state index is -0.469. The van der Waals surface area contributed by atoms with Crippen LogP contribution in [0.2, 0.25) is 0 Å². The summed E-state index contributed by atoms with van der Waals surface area (Å²) < 4.78 is 5.05. The minimum absolute atomic E-state index is 0.309. The highest BCUT2D eigenvalue weighted by atomic mass is 16.5. The van der Waals surface area contributed by atoms with E-state index in [0.29, 0.717) is 0 Å². The normalized spacial score (nSPS) is 14.7. The summed E-state index contributed by atoms with van der Waals surface area (Å²) in [6.07, 6.45) is 1.20. The van der Waals surface area contributed by atoms with E-state index in [-0.39, 0.29) is 6.04 Å². The molecular formula is C12H19NO2. The molecule has 3 nitrogen and oxygen atoms in total. The van der Waals surface area contributed by atoms with Crippen molar-refractivity contribution in [3.05, 3.63) is 29.8 Å². The summed E-state index contributed by atoms with van der Waals surface area (Å²) in [7, 11) is 1.63. The maximum atomic E-state index is 9.74. The molecule has 3 N–H and O–H groups in total. The van der Waals surface area contributed by atoms with E-state index >= 15 is 0 Å². The Morgan fingerprint density at radius 3 is 2.40 bits per heavy atom. The molecular weight excluding hydrogens is 190 g/mol. The Hall–Kier alpha value is -1.06. The molecule has 0 bridgehead atoms. The van der Waals surface area contributed by atoms with Crippen molar-refractivity contribution in [2.75, 3.05) is 7.11 Å². The van der Waals surface area contributed by atoms with Crippen molar-refractivity contribution < 1.29 is 9.84 Å². The number of benzene rings is 1. The molecule has 15 heavy (non-hydrogen) atoms. The smallest absolute Gasteiger partial charge is 0.118 e. The van der Waals surface area contributed by atoms with Gasteiger partial charge in [0.1, 0.15) is 5.75 Å². The summed E-state index contributed by atoms with van der Waals surface area (Å²) in [6.45, 7) is 2.03. The fourth-order valence-corrected chi connectivity index (χ4v) is 1.52. The number of methoxy groups -OCH3 is 1. The standard InChI is InChI=1S/C12H19NO2/c1-3-4-11(14)12(13)9-5-7-10(15-2)8-6-9/h5-8,11-12,14H,3-4,13H2,1-2H3/t11-,12+/m1/s1. The third kappa shape index (κ3) is 3.22. The van der Waals surface area contributed by atoms with Crippen molar-refractivity contribution in [2.45, 2.75) is 31.9 Å². The van der Waals surface area contributed by atoms with E-state index in [2.05, 4.69) is 0 Å². The average molecular weight is 209 g/mol. The van der Waals surface area contributed by atoms with Gasteiger partial charge in [-0.1, -0.05) is 25.5 Å². The van der Waals surface area contributed by atoms with Gasteiger partial charge in [0.25, 0.3) is 0 Å². The van der Waals surface area contributed by atoms with Crippen molar-refractivity contribution in [1.82, 2.24) is 0 Å². The molecule has 0 spiro atoms. The molecule has 0 aromatic heterocycles. The van der Waals surface area contributed by atoms with E-state index in [0.717, 1.165) is 24.2 Å². The first-order valence-corrected chi connectivity index (χ1v) is 5.26. The highest BCUT2D eigenvalue weighted by Crippen LogP contribution is 2.20. The van der Waals surface area contributed by atoms with Crippen LogP contribution in [0.15, 0.2) is 24.3 Å². The Labute approximate surface area is 90.9 Å². The van der Waals surface area contributed by atoms with E-state index in [9.17, 15) is 5.11 Å². The van der Waals surface area contributed by atoms with Crippen molar-refractivity contribution in [2.24, 2.45) is 5.73 Å². The van der Waals surface area contributed by atoms with Crippen molar-refractivity contribution in [3.63, 3.8) is 0 Å². The van der Waals surface area contributed by atoms with Gasteiger partial charge < -0.3 is 15.6 Å². The van der Waals surface area contributed by atoms with Gasteiger partial charge in [0.05, 0.1) is 19.3 Å². The largest absolute Gasteiger partial charge is 0.497 e. The molecule has 84 valence electrons. The van der Waals surface area contributed by atoms with Crippen LogP contribution in [0.5, 0.6) is 5.75 Å². The maximum Gasteiger partial charge on any atom is 0.118 e. The van der Waals surface area contributed by atoms with Crippen LogP contribution in [-0.4, -0.2) is 18.3 Å². The predicted octanol–water partition coefficient (Wildman–Crippen LogP) is 1.86. The number of rotatable bonds is 5. The third-order valence-corrected chi connectivity index (χ3v) is 2.50. The summed E-state index contributed by atoms with van der Waals surface area (Å²) in [5, 5.41) is 9.74. The van der Waals surface area contributed by atoms with Crippen molar-refractivity contribution in [3.8, 4) is 5.75 Å². The fraction of sp³-hybridized carbons (Fsp3) is 0.500. The highest BCUT2D eigenvalue weighted by Gasteiger charge is 2.15. The lowest BCUT2D eigenvalue weighted by Gasteiger charge is -2.18. The summed E-state index contributed by atoms with van der Waals surface area (Å²) in [5.74, 6) is 0.802. The zero-order valence-corrected chi connectivity index (χ0v) is 9.31. The van der Waals surface area contributed by atoms with Gasteiger partial charge in [-0.05, 0) is 24.1 Å². The van der Waals surface area contributed by atoms with Crippen LogP contribution in [0.4, 0.5) is 0 Å². The molecule has 0 aliphatic carbocycles. The zero-order chi connectivity index (χ0) is 11.3. The Bertz CT molecular complexity index is 284. The summed E-state index contributed by atoms with van der Waals surface area (Å²) in [5.41, 5.74) is 6.87. The van der Waals surface area contributed by atoms with E-state index in [1.165, 1.54) is 0 Å². The molecule has 2 atom stereocenters. The van der Waals surface area contributed by atoms with Gasteiger partial charge in [0, 0.05) is 0 Å². The Morgan fingerprint density at radius 2 is 1.93 bits per heavy atom. The lowest BCUT2D eigenvalue weighted by Crippen LogP contribution is -2.25. The lowest BCUT2D eigenvalue weighted by atomic mass is 9.99. The molecule has 1 aromatic rings. The molecule has 0 saturated heterocycles. The first-order valence-electron chi connectivity index (χ1n) is 5.26. The first kappa shape index (κ1) is 12.0. The van der Waals surface area contributed by atoms with E-state index in [4.69, 9.17) is 10.5 Å². The van der Waals surface area contributed by atoms with Crippen molar-refractivity contribution >= 4 is 0 Å². The highest BCUT2D eigenvalue weighted by molar-refractivity contribution is 5.29. The maximum absolute atomic E-state index is 9.74. The molecule has 0 aliphatic heterocycles. The third-order valence-electron chi connectivity index (χ3n) is 2.50. The number of aliphatic hydroxyl groups excluding tert-OH is 1. The quantitative estimate of drug-likeness (QED) is 0.778. The molecule has 0 saturated carbocycles. The van der Waals surface area contributed by atoms with E-state index < -0.39 is 6.10 Å². The van der Waals surface area contributed by atoms with Gasteiger partial charge in [-0.15, -0.1) is 0 Å². The number of ether oxygens (including phenoxy) is 1. The fourth-order valence-electron chi connectivity index (χ4n) is 1.52. The van der Waals surface area contributed by atoms with Gasteiger partial charge in [-0.3, -0.25) is 0 Å². The van der Waals surface area contributed by atoms with Gasteiger partial charge in [-0.25, -0.2) is 0 Å². The summed E-state index contributed by atoms with van der Waals surface area (Å²) in [6, 6.07) is 7.18. The zero-order valence-electron chi connectivity index (χ0n) is 9.31. The number of hydrogen-bond donors (Lipinski definition) is 2. The lowest BCUT2D eigenvalue weighted by molar-refractivity contribution is 0.134. The molecule has 0 radical (unpaired) electrons. The van der Waals surface area contributed by atoms with Crippen LogP contribution < -0.4 is 10.5 Å². The van der Waals surface area contributed by atoms with Gasteiger partial charge in [0.15, 0.2) is 0 Å². The van der Waals surface area contributed by atoms with Crippen LogP contribution in [0.25, 0.3) is 0 Å². The van der Waals surface area contributed by atoms with E-state index in [1.807, 2.05) is 31.2 Å². The van der Waals surface area contributed by atoms with Crippen LogP contribution in [0.3, 0.4) is 0 Å². The first-order chi connectivity index (χ1) is 7.19. The summed E-state index contributed by atoms with van der Waals surface area (Å²) >= 11 is 0. The topological polar surface area (TPSA) is 55.5 Å². The van der Waals surface area contributed by atoms with Crippen LogP contribution in [-0.2, 0) is 0 Å². The Balaban J connectivity index is 2.69. The SMILES string of the molecule is CCC[C@@H](O)[C@@H](N)c1ccc(OC)cc1. The average Bonchev–Trinajstić information content (AvgIpc) is 2.28. The Morgan fingerprint density at radius 1 is 1.33 bits per heavy atom. The van der Waals surface area contributed by atoms with Crippen molar-refractivity contribution in [1.29, 1.82) is 0 Å². The molecule has 0 amide bonds. The summed E-state index contributed by atoms with van der Waals surface area (Å²) in [4.78, 5) is 0.